The predicted octanol–water partition coefficient (Wildman–Crippen LogP) is 9.47. The van der Waals surface area contributed by atoms with Gasteiger partial charge < -0.3 is 18.9 Å². The van der Waals surface area contributed by atoms with Crippen LogP contribution in [-0.2, 0) is 18.9 Å². The number of rotatable bonds is 22. The summed E-state index contributed by atoms with van der Waals surface area (Å²) in [4.78, 5) is 0. The Morgan fingerprint density at radius 3 is 1.34 bits per heavy atom. The molecule has 0 saturated heterocycles. The smallest absolute Gasteiger partial charge is 0.157 e. The Kier molecular flexibility index (Phi) is 43.8. The summed E-state index contributed by atoms with van der Waals surface area (Å²) in [5.41, 5.74) is 0. The Bertz CT molecular complexity index is 763. The molecule has 41 heavy (non-hydrogen) atoms. The van der Waals surface area contributed by atoms with E-state index < -0.39 is 0 Å². The zero-order valence-electron chi connectivity index (χ0n) is 26.9. The van der Waals surface area contributed by atoms with Gasteiger partial charge in [0.15, 0.2) is 12.6 Å². The number of methoxy groups -OCH3 is 2. The molecule has 0 heterocycles. The fraction of sp³-hybridized carbons (Fsp3) is 0.639. The molecule has 0 spiro atoms. The largest absolute Gasteiger partial charge is 0.356 e. The zero-order valence-corrected chi connectivity index (χ0v) is 26.9. The van der Waals surface area contributed by atoms with E-state index in [0.29, 0.717) is 0 Å². The van der Waals surface area contributed by atoms with Crippen molar-refractivity contribution in [1.29, 1.82) is 5.26 Å². The van der Waals surface area contributed by atoms with Gasteiger partial charge in [-0.05, 0) is 89.5 Å². The van der Waals surface area contributed by atoms with Crippen molar-refractivity contribution in [2.24, 2.45) is 0 Å². The lowest BCUT2D eigenvalue weighted by molar-refractivity contribution is -0.140. The molecular formula is C36H59NO4. The second kappa shape index (κ2) is 41.9. The maximum Gasteiger partial charge on any atom is 0.157 e. The third-order valence-electron chi connectivity index (χ3n) is 5.63. The normalized spacial score (nSPS) is 10.1. The van der Waals surface area contributed by atoms with Gasteiger partial charge in [0.05, 0.1) is 6.07 Å². The number of ether oxygens (including phenoxy) is 4. The molecule has 0 fully saturated rings. The monoisotopic (exact) mass is 569 g/mol. The molecule has 0 unspecified atom stereocenters. The minimum Gasteiger partial charge on any atom is -0.356 e. The zero-order chi connectivity index (χ0) is 31.1. The van der Waals surface area contributed by atoms with E-state index in [9.17, 15) is 0 Å². The molecular weight excluding hydrogens is 510 g/mol. The van der Waals surface area contributed by atoms with Gasteiger partial charge in [0, 0.05) is 34.4 Å². The van der Waals surface area contributed by atoms with Crippen LogP contribution in [0.3, 0.4) is 0 Å². The van der Waals surface area contributed by atoms with E-state index in [4.69, 9.17) is 24.2 Å². The van der Waals surface area contributed by atoms with E-state index >= 15 is 0 Å². The molecule has 5 heteroatoms. The number of hydrogen-bond donors (Lipinski definition) is 0. The molecule has 0 saturated carbocycles. The maximum absolute atomic E-state index is 7.32. The first-order valence-electron chi connectivity index (χ1n) is 15.2. The third-order valence-corrected chi connectivity index (χ3v) is 5.63. The number of nitriles is 1. The standard InChI is InChI=1S/C18H30O2.C16H26O2.C2H3N/c1-4-7-8-9-10-11-12-13-14-15-16-17-18(19-5-2)20-6-3;1-4-5-6-7-8-9-10-11-12-13-14-15-16(17-2)18-3;1-2-3/h4,9-10,18H,1,5-6,11-17H2,2-3H3;4,7-8,16H,1,9-15H2,2-3H3;1H3/b10-9-;8-7-;. The highest BCUT2D eigenvalue weighted by atomic mass is 16.7. The van der Waals surface area contributed by atoms with Crippen LogP contribution in [0.1, 0.15) is 111 Å². The Balaban J connectivity index is -0.000000645. The Morgan fingerprint density at radius 2 is 0.976 bits per heavy atom. The van der Waals surface area contributed by atoms with Crippen LogP contribution in [0.4, 0.5) is 0 Å². The van der Waals surface area contributed by atoms with Gasteiger partial charge in [-0.2, -0.15) is 5.26 Å². The van der Waals surface area contributed by atoms with Crippen LogP contribution in [0.5, 0.6) is 0 Å². The van der Waals surface area contributed by atoms with Crippen molar-refractivity contribution in [3.05, 3.63) is 49.6 Å². The maximum atomic E-state index is 7.32. The van der Waals surface area contributed by atoms with Gasteiger partial charge in [0.2, 0.25) is 0 Å². The number of unbranched alkanes of at least 4 members (excludes halogenated alkanes) is 10. The highest BCUT2D eigenvalue weighted by Gasteiger charge is 2.06. The molecule has 0 N–H and O–H groups in total. The van der Waals surface area contributed by atoms with Crippen LogP contribution in [0.25, 0.3) is 0 Å². The first-order chi connectivity index (χ1) is 20.1. The molecule has 0 amide bonds. The summed E-state index contributed by atoms with van der Waals surface area (Å²) < 4.78 is 21.3. The van der Waals surface area contributed by atoms with E-state index in [2.05, 4.69) is 49.0 Å². The molecule has 5 nitrogen and oxygen atoms in total. The molecule has 232 valence electrons. The molecule has 0 aromatic rings. The van der Waals surface area contributed by atoms with Gasteiger partial charge in [-0.1, -0.05) is 87.5 Å². The van der Waals surface area contributed by atoms with Gasteiger partial charge in [-0.3, -0.25) is 0 Å². The Morgan fingerprint density at radius 1 is 0.610 bits per heavy atom. The second-order valence-electron chi connectivity index (χ2n) is 8.95. The van der Waals surface area contributed by atoms with Gasteiger partial charge in [-0.25, -0.2) is 0 Å². The van der Waals surface area contributed by atoms with Crippen molar-refractivity contribution >= 4 is 0 Å². The summed E-state index contributed by atoms with van der Waals surface area (Å²) in [5.74, 6) is 11.4. The van der Waals surface area contributed by atoms with Gasteiger partial charge in [0.25, 0.3) is 0 Å². The fourth-order valence-electron chi connectivity index (χ4n) is 3.62. The summed E-state index contributed by atoms with van der Waals surface area (Å²) in [7, 11) is 3.38. The van der Waals surface area contributed by atoms with Crippen molar-refractivity contribution < 1.29 is 18.9 Å². The Labute approximate surface area is 254 Å². The summed E-state index contributed by atoms with van der Waals surface area (Å²) in [6.07, 6.45) is 28.0. The van der Waals surface area contributed by atoms with Crippen molar-refractivity contribution in [2.45, 2.75) is 123 Å². The van der Waals surface area contributed by atoms with Crippen molar-refractivity contribution in [1.82, 2.24) is 0 Å². The van der Waals surface area contributed by atoms with Gasteiger partial charge in [0.1, 0.15) is 0 Å². The summed E-state index contributed by atoms with van der Waals surface area (Å²) in [6.45, 7) is 14.0. The molecule has 0 aromatic heterocycles. The average molecular weight is 570 g/mol. The van der Waals surface area contributed by atoms with E-state index in [1.54, 1.807) is 32.4 Å². The highest BCUT2D eigenvalue weighted by molar-refractivity contribution is 5.22. The van der Waals surface area contributed by atoms with Crippen molar-refractivity contribution in [3.63, 3.8) is 0 Å². The van der Waals surface area contributed by atoms with Crippen LogP contribution < -0.4 is 0 Å². The lowest BCUT2D eigenvalue weighted by atomic mass is 10.1. The van der Waals surface area contributed by atoms with Crippen molar-refractivity contribution in [3.8, 4) is 29.8 Å². The summed E-state index contributed by atoms with van der Waals surface area (Å²) >= 11 is 0. The lowest BCUT2D eigenvalue weighted by Crippen LogP contribution is -2.17. The molecule has 0 atom stereocenters. The average Bonchev–Trinajstić information content (AvgIpc) is 2.97. The Hall–Kier alpha value is -2.59. The topological polar surface area (TPSA) is 60.7 Å². The van der Waals surface area contributed by atoms with E-state index in [1.807, 2.05) is 26.0 Å². The molecule has 0 rings (SSSR count). The van der Waals surface area contributed by atoms with Crippen LogP contribution in [0, 0.1) is 35.0 Å². The van der Waals surface area contributed by atoms with Crippen LogP contribution >= 0.6 is 0 Å². The molecule has 0 aliphatic rings. The molecule has 0 aliphatic carbocycles. The first-order valence-corrected chi connectivity index (χ1v) is 15.2. The predicted molar refractivity (Wildman–Crippen MR) is 175 cm³/mol. The van der Waals surface area contributed by atoms with E-state index in [-0.39, 0.29) is 12.6 Å². The summed E-state index contributed by atoms with van der Waals surface area (Å²) in [5, 5.41) is 7.32. The minimum absolute atomic E-state index is 0.00336. The van der Waals surface area contributed by atoms with Crippen LogP contribution in [0.2, 0.25) is 0 Å². The van der Waals surface area contributed by atoms with E-state index in [0.717, 1.165) is 38.9 Å². The van der Waals surface area contributed by atoms with Crippen LogP contribution in [-0.4, -0.2) is 40.0 Å². The highest BCUT2D eigenvalue weighted by Crippen LogP contribution is 2.12. The third kappa shape index (κ3) is 42.0. The summed E-state index contributed by atoms with van der Waals surface area (Å²) in [6, 6.07) is 1.75. The van der Waals surface area contributed by atoms with Gasteiger partial charge in [-0.15, -0.1) is 0 Å². The lowest BCUT2D eigenvalue weighted by Gasteiger charge is -2.16. The number of hydrogen-bond acceptors (Lipinski definition) is 5. The first kappa shape index (κ1) is 42.9. The molecule has 0 bridgehead atoms. The van der Waals surface area contributed by atoms with E-state index in [1.165, 1.54) is 71.1 Å². The molecule has 0 aliphatic heterocycles. The minimum atomic E-state index is -0.0311. The fourth-order valence-corrected chi connectivity index (χ4v) is 3.62. The quantitative estimate of drug-likeness (QED) is 0.0738. The van der Waals surface area contributed by atoms with Crippen LogP contribution in [0.15, 0.2) is 49.6 Å². The number of nitrogens with zero attached hydrogens (tertiary/aromatic N) is 1. The number of allylic oxidation sites excluding steroid dienone is 6. The molecule has 0 radical (unpaired) electrons. The molecule has 0 aromatic carbocycles. The van der Waals surface area contributed by atoms with Gasteiger partial charge >= 0.3 is 0 Å². The SMILES string of the molecule is C=CC#C/C=C\CCCCCCCC(OC)OC.C=CC#C/C=C\CCCCCCCC(OCC)OCC.CC#N. The van der Waals surface area contributed by atoms with Crippen molar-refractivity contribution in [2.75, 3.05) is 27.4 Å². The second-order valence-corrected chi connectivity index (χ2v) is 8.95.